The number of benzene rings is 2. The summed E-state index contributed by atoms with van der Waals surface area (Å²) < 4.78 is 11.1. The highest BCUT2D eigenvalue weighted by atomic mass is 79.9. The van der Waals surface area contributed by atoms with E-state index in [1.54, 1.807) is 24.3 Å². The van der Waals surface area contributed by atoms with Crippen molar-refractivity contribution in [2.45, 2.75) is 13.8 Å². The number of rotatable bonds is 5. The van der Waals surface area contributed by atoms with E-state index in [1.807, 2.05) is 26.0 Å². The predicted octanol–water partition coefficient (Wildman–Crippen LogP) is 3.64. The predicted molar refractivity (Wildman–Crippen MR) is 117 cm³/mol. The molecule has 4 amide bonds. The lowest BCUT2D eigenvalue weighted by atomic mass is 10.0. The van der Waals surface area contributed by atoms with Gasteiger partial charge in [-0.2, -0.15) is 5.26 Å². The molecule has 3 rings (SSSR count). The zero-order chi connectivity index (χ0) is 22.7. The lowest BCUT2D eigenvalue weighted by molar-refractivity contribution is -0.122. The van der Waals surface area contributed by atoms with Crippen LogP contribution in [0.15, 0.2) is 40.4 Å². The SMILES string of the molecule is COc1cc(/C=C2\C(=O)NC(=O)N(c3cc(C)cc(C)c3)C2=O)cc(Br)c1OCC#N. The first-order valence-corrected chi connectivity index (χ1v) is 9.91. The number of hydrogen-bond acceptors (Lipinski definition) is 6. The zero-order valence-electron chi connectivity index (χ0n) is 17.0. The molecule has 0 atom stereocenters. The van der Waals surface area contributed by atoms with Gasteiger partial charge in [0.1, 0.15) is 11.6 Å². The number of nitriles is 1. The van der Waals surface area contributed by atoms with Crippen LogP contribution in [0.4, 0.5) is 10.5 Å². The van der Waals surface area contributed by atoms with Gasteiger partial charge in [-0.3, -0.25) is 14.9 Å². The van der Waals surface area contributed by atoms with Crippen LogP contribution in [-0.2, 0) is 9.59 Å². The molecule has 0 unspecified atom stereocenters. The fourth-order valence-corrected chi connectivity index (χ4v) is 3.78. The van der Waals surface area contributed by atoms with E-state index in [-0.39, 0.29) is 12.2 Å². The van der Waals surface area contributed by atoms with Crippen molar-refractivity contribution in [1.29, 1.82) is 5.26 Å². The third-order valence-electron chi connectivity index (χ3n) is 4.41. The number of halogens is 1. The first-order chi connectivity index (χ1) is 14.7. The van der Waals surface area contributed by atoms with E-state index in [0.29, 0.717) is 27.2 Å². The Hall–Kier alpha value is -3.64. The molecule has 2 aromatic carbocycles. The van der Waals surface area contributed by atoms with E-state index in [4.69, 9.17) is 14.7 Å². The number of ether oxygens (including phenoxy) is 2. The molecule has 1 aliphatic heterocycles. The lowest BCUT2D eigenvalue weighted by Crippen LogP contribution is -2.54. The van der Waals surface area contributed by atoms with Crippen LogP contribution in [0.1, 0.15) is 16.7 Å². The third-order valence-corrected chi connectivity index (χ3v) is 5.00. The molecule has 1 fully saturated rings. The molecule has 158 valence electrons. The summed E-state index contributed by atoms with van der Waals surface area (Å²) in [5.74, 6) is -0.908. The lowest BCUT2D eigenvalue weighted by Gasteiger charge is -2.27. The van der Waals surface area contributed by atoms with Crippen LogP contribution < -0.4 is 19.7 Å². The van der Waals surface area contributed by atoms with Crippen molar-refractivity contribution in [3.8, 4) is 17.6 Å². The zero-order valence-corrected chi connectivity index (χ0v) is 18.6. The van der Waals surface area contributed by atoms with Gasteiger partial charge in [-0.1, -0.05) is 6.07 Å². The Morgan fingerprint density at radius 2 is 1.81 bits per heavy atom. The highest BCUT2D eigenvalue weighted by Crippen LogP contribution is 2.37. The van der Waals surface area contributed by atoms with Crippen LogP contribution in [0.25, 0.3) is 6.08 Å². The molecule has 0 aromatic heterocycles. The summed E-state index contributed by atoms with van der Waals surface area (Å²) in [5, 5.41) is 10.9. The minimum absolute atomic E-state index is 0.177. The molecular formula is C22H18BrN3O5. The van der Waals surface area contributed by atoms with Crippen molar-refractivity contribution < 1.29 is 23.9 Å². The van der Waals surface area contributed by atoms with Crippen LogP contribution in [0, 0.1) is 25.2 Å². The molecule has 2 aromatic rings. The number of carbonyl (C=O) groups is 3. The van der Waals surface area contributed by atoms with Gasteiger partial charge in [-0.15, -0.1) is 0 Å². The number of barbiturate groups is 1. The smallest absolute Gasteiger partial charge is 0.335 e. The molecule has 1 N–H and O–H groups in total. The Balaban J connectivity index is 2.04. The van der Waals surface area contributed by atoms with E-state index in [9.17, 15) is 14.4 Å². The standard InChI is InChI=1S/C22H18BrN3O5/c1-12-6-13(2)8-15(7-12)26-21(28)16(20(27)25-22(26)29)9-14-10-17(23)19(31-5-4-24)18(11-14)30-3/h6-11H,5H2,1-3H3,(H,25,27,29)/b16-9+. The van der Waals surface area contributed by atoms with Gasteiger partial charge in [0.2, 0.25) is 0 Å². The van der Waals surface area contributed by atoms with Crippen molar-refractivity contribution in [1.82, 2.24) is 5.32 Å². The van der Waals surface area contributed by atoms with Gasteiger partial charge in [0.25, 0.3) is 11.8 Å². The highest BCUT2D eigenvalue weighted by molar-refractivity contribution is 9.10. The molecule has 31 heavy (non-hydrogen) atoms. The Labute approximate surface area is 187 Å². The number of nitrogens with one attached hydrogen (secondary N) is 1. The molecule has 0 saturated carbocycles. The molecule has 1 heterocycles. The largest absolute Gasteiger partial charge is 0.493 e. The maximum Gasteiger partial charge on any atom is 0.335 e. The number of amides is 4. The highest BCUT2D eigenvalue weighted by Gasteiger charge is 2.37. The fraction of sp³-hybridized carbons (Fsp3) is 0.182. The molecule has 0 aliphatic carbocycles. The molecule has 8 nitrogen and oxygen atoms in total. The number of methoxy groups -OCH3 is 1. The molecule has 0 bridgehead atoms. The third kappa shape index (κ3) is 4.59. The van der Waals surface area contributed by atoms with E-state index in [2.05, 4.69) is 21.2 Å². The van der Waals surface area contributed by atoms with Crippen molar-refractivity contribution in [3.63, 3.8) is 0 Å². The first kappa shape index (κ1) is 22.1. The summed E-state index contributed by atoms with van der Waals surface area (Å²) in [6.07, 6.45) is 1.36. The van der Waals surface area contributed by atoms with Crippen LogP contribution in [0.2, 0.25) is 0 Å². The van der Waals surface area contributed by atoms with E-state index in [0.717, 1.165) is 16.0 Å². The Kier molecular flexibility index (Phi) is 6.42. The van der Waals surface area contributed by atoms with E-state index >= 15 is 0 Å². The molecule has 9 heteroatoms. The average molecular weight is 484 g/mol. The van der Waals surface area contributed by atoms with Gasteiger partial charge in [-0.05, 0) is 76.8 Å². The Morgan fingerprint density at radius 1 is 1.13 bits per heavy atom. The Morgan fingerprint density at radius 3 is 2.42 bits per heavy atom. The number of nitrogens with zero attached hydrogens (tertiary/aromatic N) is 2. The Bertz CT molecular complexity index is 1150. The quantitative estimate of drug-likeness (QED) is 0.513. The summed E-state index contributed by atoms with van der Waals surface area (Å²) in [6, 6.07) is 9.53. The second kappa shape index (κ2) is 9.02. The summed E-state index contributed by atoms with van der Waals surface area (Å²) in [6.45, 7) is 3.53. The van der Waals surface area contributed by atoms with Crippen LogP contribution in [0.3, 0.4) is 0 Å². The number of carbonyl (C=O) groups excluding carboxylic acids is 3. The normalized spacial score (nSPS) is 15.0. The first-order valence-electron chi connectivity index (χ1n) is 9.12. The van der Waals surface area contributed by atoms with Gasteiger partial charge < -0.3 is 9.47 Å². The van der Waals surface area contributed by atoms with Gasteiger partial charge in [-0.25, -0.2) is 9.69 Å². The second-order valence-corrected chi connectivity index (χ2v) is 7.64. The fourth-order valence-electron chi connectivity index (χ4n) is 3.21. The summed E-state index contributed by atoms with van der Waals surface area (Å²) in [4.78, 5) is 38.9. The average Bonchev–Trinajstić information content (AvgIpc) is 2.69. The number of urea groups is 1. The van der Waals surface area contributed by atoms with Crippen molar-refractivity contribution in [3.05, 3.63) is 57.1 Å². The maximum atomic E-state index is 13.1. The van der Waals surface area contributed by atoms with E-state index in [1.165, 1.54) is 13.2 Å². The monoisotopic (exact) mass is 483 g/mol. The molecule has 1 aliphatic rings. The van der Waals surface area contributed by atoms with Crippen molar-refractivity contribution in [2.75, 3.05) is 18.6 Å². The van der Waals surface area contributed by atoms with Crippen LogP contribution in [-0.4, -0.2) is 31.6 Å². The van der Waals surface area contributed by atoms with E-state index < -0.39 is 17.8 Å². The number of anilines is 1. The van der Waals surface area contributed by atoms with Crippen molar-refractivity contribution >= 4 is 45.5 Å². The van der Waals surface area contributed by atoms with Crippen LogP contribution >= 0.6 is 15.9 Å². The van der Waals surface area contributed by atoms with Crippen LogP contribution in [0.5, 0.6) is 11.5 Å². The summed E-state index contributed by atoms with van der Waals surface area (Å²) in [5.41, 5.74) is 2.37. The molecule has 0 spiro atoms. The van der Waals surface area contributed by atoms with Gasteiger partial charge in [0.15, 0.2) is 18.1 Å². The maximum absolute atomic E-state index is 13.1. The summed E-state index contributed by atoms with van der Waals surface area (Å²) >= 11 is 3.34. The number of aryl methyl sites for hydroxylation is 2. The molecule has 0 radical (unpaired) electrons. The minimum Gasteiger partial charge on any atom is -0.493 e. The van der Waals surface area contributed by atoms with Gasteiger partial charge in [0, 0.05) is 0 Å². The van der Waals surface area contributed by atoms with Gasteiger partial charge in [0.05, 0.1) is 17.3 Å². The number of hydrogen-bond donors (Lipinski definition) is 1. The second-order valence-electron chi connectivity index (χ2n) is 6.78. The van der Waals surface area contributed by atoms with Crippen molar-refractivity contribution in [2.24, 2.45) is 0 Å². The topological polar surface area (TPSA) is 109 Å². The number of imide groups is 2. The van der Waals surface area contributed by atoms with Gasteiger partial charge >= 0.3 is 6.03 Å². The molecule has 1 saturated heterocycles. The minimum atomic E-state index is -0.809. The molecular weight excluding hydrogens is 466 g/mol. The summed E-state index contributed by atoms with van der Waals surface area (Å²) in [7, 11) is 1.43.